The van der Waals surface area contributed by atoms with Gasteiger partial charge < -0.3 is 4.74 Å². The van der Waals surface area contributed by atoms with Gasteiger partial charge in [0.25, 0.3) is 0 Å². The van der Waals surface area contributed by atoms with Gasteiger partial charge in [0.05, 0.1) is 17.0 Å². The Labute approximate surface area is 136 Å². The van der Waals surface area contributed by atoms with Crippen LogP contribution in [-0.4, -0.2) is 15.5 Å². The zero-order valence-electron chi connectivity index (χ0n) is 12.6. The van der Waals surface area contributed by atoms with Crippen LogP contribution in [0.1, 0.15) is 24.1 Å². The van der Waals surface area contributed by atoms with Crippen LogP contribution in [0, 0.1) is 6.92 Å². The Morgan fingerprint density at radius 1 is 1.14 bits per heavy atom. The van der Waals surface area contributed by atoms with Crippen molar-refractivity contribution < 1.29 is 13.2 Å². The Hall–Kier alpha value is -1.56. The van der Waals surface area contributed by atoms with Gasteiger partial charge in [-0.25, -0.2) is 13.1 Å². The summed E-state index contributed by atoms with van der Waals surface area (Å²) in [4.78, 5) is 0.109. The third-order valence-electron chi connectivity index (χ3n) is 3.34. The van der Waals surface area contributed by atoms with Gasteiger partial charge in [0, 0.05) is 6.04 Å². The van der Waals surface area contributed by atoms with E-state index in [-0.39, 0.29) is 16.0 Å². The predicted octanol–water partition coefficient (Wildman–Crippen LogP) is 3.70. The van der Waals surface area contributed by atoms with Crippen molar-refractivity contribution in [2.24, 2.45) is 0 Å². The van der Waals surface area contributed by atoms with E-state index in [1.54, 1.807) is 6.92 Å². The summed E-state index contributed by atoms with van der Waals surface area (Å²) in [5.41, 5.74) is 2.02. The molecule has 4 nitrogen and oxygen atoms in total. The first-order valence-electron chi connectivity index (χ1n) is 6.76. The molecule has 0 amide bonds. The fraction of sp³-hybridized carbons (Fsp3) is 0.250. The van der Waals surface area contributed by atoms with Crippen molar-refractivity contribution in [1.29, 1.82) is 0 Å². The highest BCUT2D eigenvalue weighted by atomic mass is 35.5. The maximum absolute atomic E-state index is 12.4. The molecule has 2 rings (SSSR count). The number of halogens is 1. The van der Waals surface area contributed by atoms with Crippen LogP contribution in [0.3, 0.4) is 0 Å². The van der Waals surface area contributed by atoms with Crippen LogP contribution < -0.4 is 9.46 Å². The van der Waals surface area contributed by atoms with Crippen LogP contribution >= 0.6 is 11.6 Å². The lowest BCUT2D eigenvalue weighted by molar-refractivity contribution is 0.414. The number of aryl methyl sites for hydroxylation is 1. The van der Waals surface area contributed by atoms with Crippen molar-refractivity contribution in [1.82, 2.24) is 4.72 Å². The molecule has 118 valence electrons. The lowest BCUT2D eigenvalue weighted by Gasteiger charge is -2.15. The molecule has 0 aliphatic carbocycles. The molecular formula is C16H18ClNO3S. The molecule has 2 aromatic carbocycles. The van der Waals surface area contributed by atoms with Crippen LogP contribution in [0.2, 0.25) is 5.02 Å². The third kappa shape index (κ3) is 3.80. The van der Waals surface area contributed by atoms with E-state index in [0.717, 1.165) is 11.1 Å². The predicted molar refractivity (Wildman–Crippen MR) is 87.9 cm³/mol. The molecule has 0 heterocycles. The lowest BCUT2D eigenvalue weighted by Crippen LogP contribution is -2.26. The highest BCUT2D eigenvalue weighted by molar-refractivity contribution is 7.89. The summed E-state index contributed by atoms with van der Waals surface area (Å²) in [6.45, 7) is 3.78. The highest BCUT2D eigenvalue weighted by Crippen LogP contribution is 2.27. The molecule has 1 N–H and O–H groups in total. The standard InChI is InChI=1S/C16H18ClNO3S/c1-11-4-6-13(7-5-11)12(2)18-22(19,20)14-8-9-16(21-3)15(17)10-14/h4-10,12,18H,1-3H3. The fourth-order valence-electron chi connectivity index (χ4n) is 2.04. The minimum Gasteiger partial charge on any atom is -0.495 e. The molecule has 0 aromatic heterocycles. The molecular weight excluding hydrogens is 322 g/mol. The Morgan fingerprint density at radius 3 is 2.32 bits per heavy atom. The van der Waals surface area contributed by atoms with Crippen molar-refractivity contribution in [3.63, 3.8) is 0 Å². The maximum Gasteiger partial charge on any atom is 0.241 e. The summed E-state index contributed by atoms with van der Waals surface area (Å²) in [5.74, 6) is 0.437. The van der Waals surface area contributed by atoms with Gasteiger partial charge in [-0.3, -0.25) is 0 Å². The van der Waals surface area contributed by atoms with E-state index < -0.39 is 10.0 Å². The summed E-state index contributed by atoms with van der Waals surface area (Å²) in [6, 6.07) is 11.8. The van der Waals surface area contributed by atoms with Gasteiger partial charge in [0.15, 0.2) is 0 Å². The first-order valence-corrected chi connectivity index (χ1v) is 8.62. The Morgan fingerprint density at radius 2 is 1.77 bits per heavy atom. The Kier molecular flexibility index (Phi) is 5.11. The normalized spacial score (nSPS) is 12.9. The number of rotatable bonds is 5. The monoisotopic (exact) mass is 339 g/mol. The zero-order valence-corrected chi connectivity index (χ0v) is 14.2. The van der Waals surface area contributed by atoms with Gasteiger partial charge in [-0.15, -0.1) is 0 Å². The van der Waals surface area contributed by atoms with Crippen LogP contribution in [0.25, 0.3) is 0 Å². The van der Waals surface area contributed by atoms with E-state index in [2.05, 4.69) is 4.72 Å². The van der Waals surface area contributed by atoms with Crippen molar-refractivity contribution in [2.75, 3.05) is 7.11 Å². The molecule has 0 saturated carbocycles. The first kappa shape index (κ1) is 16.8. The molecule has 22 heavy (non-hydrogen) atoms. The van der Waals surface area contributed by atoms with Crippen molar-refractivity contribution >= 4 is 21.6 Å². The second-order valence-corrected chi connectivity index (χ2v) is 7.17. The van der Waals surface area contributed by atoms with Crippen molar-refractivity contribution in [3.8, 4) is 5.75 Å². The van der Waals surface area contributed by atoms with E-state index >= 15 is 0 Å². The SMILES string of the molecule is COc1ccc(S(=O)(=O)NC(C)c2ccc(C)cc2)cc1Cl. The number of methoxy groups -OCH3 is 1. The summed E-state index contributed by atoms with van der Waals surface area (Å²) in [5, 5.41) is 0.258. The zero-order chi connectivity index (χ0) is 16.3. The van der Waals surface area contributed by atoms with E-state index in [0.29, 0.717) is 5.75 Å². The molecule has 0 spiro atoms. The molecule has 1 unspecified atom stereocenters. The lowest BCUT2D eigenvalue weighted by atomic mass is 10.1. The third-order valence-corrected chi connectivity index (χ3v) is 5.18. The number of hydrogen-bond donors (Lipinski definition) is 1. The summed E-state index contributed by atoms with van der Waals surface area (Å²) in [6.07, 6.45) is 0. The van der Waals surface area contributed by atoms with Gasteiger partial charge in [-0.2, -0.15) is 0 Å². The first-order chi connectivity index (χ1) is 10.3. The number of hydrogen-bond acceptors (Lipinski definition) is 3. The second kappa shape index (κ2) is 6.69. The van der Waals surface area contributed by atoms with Gasteiger partial charge in [-0.05, 0) is 37.6 Å². The average molecular weight is 340 g/mol. The quantitative estimate of drug-likeness (QED) is 0.903. The number of nitrogens with one attached hydrogen (secondary N) is 1. The van der Waals surface area contributed by atoms with E-state index in [1.807, 2.05) is 31.2 Å². The van der Waals surface area contributed by atoms with Crippen LogP contribution in [0.15, 0.2) is 47.4 Å². The molecule has 0 bridgehead atoms. The molecule has 0 aliphatic rings. The molecule has 0 saturated heterocycles. The van der Waals surface area contributed by atoms with Crippen molar-refractivity contribution in [2.45, 2.75) is 24.8 Å². The molecule has 1 atom stereocenters. The van der Waals surface area contributed by atoms with Crippen molar-refractivity contribution in [3.05, 3.63) is 58.6 Å². The minimum atomic E-state index is -3.66. The summed E-state index contributed by atoms with van der Waals surface area (Å²) < 4.78 is 32.5. The number of ether oxygens (including phenoxy) is 1. The molecule has 0 fully saturated rings. The summed E-state index contributed by atoms with van der Waals surface area (Å²) >= 11 is 5.99. The maximum atomic E-state index is 12.4. The molecule has 0 radical (unpaired) electrons. The molecule has 0 aliphatic heterocycles. The number of benzene rings is 2. The van der Waals surface area contributed by atoms with Crippen LogP contribution in [0.5, 0.6) is 5.75 Å². The highest BCUT2D eigenvalue weighted by Gasteiger charge is 2.19. The van der Waals surface area contributed by atoms with E-state index in [9.17, 15) is 8.42 Å². The Bertz CT molecular complexity index is 757. The molecule has 2 aromatic rings. The minimum absolute atomic E-state index is 0.109. The largest absolute Gasteiger partial charge is 0.495 e. The summed E-state index contributed by atoms with van der Waals surface area (Å²) in [7, 11) is -2.18. The van der Waals surface area contributed by atoms with Gasteiger partial charge in [-0.1, -0.05) is 41.4 Å². The van der Waals surface area contributed by atoms with E-state index in [1.165, 1.54) is 25.3 Å². The van der Waals surface area contributed by atoms with Crippen LogP contribution in [0.4, 0.5) is 0 Å². The van der Waals surface area contributed by atoms with Gasteiger partial charge in [0.2, 0.25) is 10.0 Å². The molecule has 6 heteroatoms. The smallest absolute Gasteiger partial charge is 0.241 e. The fourth-order valence-corrected chi connectivity index (χ4v) is 3.62. The van der Waals surface area contributed by atoms with Crippen LogP contribution in [-0.2, 0) is 10.0 Å². The average Bonchev–Trinajstić information content (AvgIpc) is 2.47. The van der Waals surface area contributed by atoms with Gasteiger partial charge in [0.1, 0.15) is 5.75 Å². The second-order valence-electron chi connectivity index (χ2n) is 5.05. The van der Waals surface area contributed by atoms with E-state index in [4.69, 9.17) is 16.3 Å². The Balaban J connectivity index is 2.23. The topological polar surface area (TPSA) is 55.4 Å². The van der Waals surface area contributed by atoms with Gasteiger partial charge >= 0.3 is 0 Å². The number of sulfonamides is 1.